The third kappa shape index (κ3) is 6.26. The summed E-state index contributed by atoms with van der Waals surface area (Å²) in [6.45, 7) is 2.36. The van der Waals surface area contributed by atoms with Crippen LogP contribution in [0.15, 0.2) is 56.8 Å². The molecular weight excluding hydrogens is 382 g/mol. The molecule has 0 fully saturated rings. The molecule has 2 N–H and O–H groups in total. The SMILES string of the molecule is Cc1ccc(NC(=O)CSc2nc(CC(=O)NCc3ccco3)cs2)cc1. The van der Waals surface area contributed by atoms with Gasteiger partial charge in [-0.05, 0) is 31.2 Å². The number of carbonyl (C=O) groups excluding carboxylic acids is 2. The Morgan fingerprint density at radius 2 is 2.00 bits per heavy atom. The molecule has 140 valence electrons. The lowest BCUT2D eigenvalue weighted by Crippen LogP contribution is -2.24. The summed E-state index contributed by atoms with van der Waals surface area (Å²) in [5.74, 6) is 0.769. The minimum atomic E-state index is -0.120. The van der Waals surface area contributed by atoms with Crippen molar-refractivity contribution in [3.05, 3.63) is 65.1 Å². The summed E-state index contributed by atoms with van der Waals surface area (Å²) in [6.07, 6.45) is 1.77. The average Bonchev–Trinajstić information content (AvgIpc) is 3.32. The lowest BCUT2D eigenvalue weighted by Gasteiger charge is -2.04. The quantitative estimate of drug-likeness (QED) is 0.563. The number of thioether (sulfide) groups is 1. The highest BCUT2D eigenvalue weighted by atomic mass is 32.2. The third-order valence-electron chi connectivity index (χ3n) is 3.57. The van der Waals surface area contributed by atoms with Gasteiger partial charge in [0.15, 0.2) is 4.34 Å². The van der Waals surface area contributed by atoms with Gasteiger partial charge in [0.1, 0.15) is 5.76 Å². The van der Waals surface area contributed by atoms with Crippen LogP contribution in [-0.4, -0.2) is 22.6 Å². The fourth-order valence-electron chi connectivity index (χ4n) is 2.22. The first-order valence-electron chi connectivity index (χ1n) is 8.31. The van der Waals surface area contributed by atoms with Gasteiger partial charge in [-0.1, -0.05) is 29.5 Å². The van der Waals surface area contributed by atoms with Crippen LogP contribution in [0.1, 0.15) is 17.0 Å². The third-order valence-corrected chi connectivity index (χ3v) is 5.64. The van der Waals surface area contributed by atoms with E-state index in [1.807, 2.05) is 36.6 Å². The highest BCUT2D eigenvalue weighted by molar-refractivity contribution is 8.01. The Bertz CT molecular complexity index is 889. The maximum atomic E-state index is 12.0. The first kappa shape index (κ1) is 19.2. The van der Waals surface area contributed by atoms with Crippen LogP contribution < -0.4 is 10.6 Å². The van der Waals surface area contributed by atoms with Crippen molar-refractivity contribution in [1.82, 2.24) is 10.3 Å². The van der Waals surface area contributed by atoms with E-state index >= 15 is 0 Å². The van der Waals surface area contributed by atoms with Crippen LogP contribution in [0.2, 0.25) is 0 Å². The molecule has 8 heteroatoms. The van der Waals surface area contributed by atoms with E-state index in [-0.39, 0.29) is 24.0 Å². The molecule has 2 amide bonds. The minimum Gasteiger partial charge on any atom is -0.467 e. The predicted molar refractivity (Wildman–Crippen MR) is 107 cm³/mol. The zero-order chi connectivity index (χ0) is 19.1. The summed E-state index contributed by atoms with van der Waals surface area (Å²) in [5.41, 5.74) is 2.61. The van der Waals surface area contributed by atoms with Crippen molar-refractivity contribution >= 4 is 40.6 Å². The second-order valence-corrected chi connectivity index (χ2v) is 7.92. The molecule has 0 unspecified atom stereocenters. The molecule has 2 aromatic heterocycles. The highest BCUT2D eigenvalue weighted by Gasteiger charge is 2.10. The molecule has 0 aliphatic carbocycles. The van der Waals surface area contributed by atoms with E-state index in [0.717, 1.165) is 15.6 Å². The van der Waals surface area contributed by atoms with Gasteiger partial charge in [0.05, 0.1) is 30.7 Å². The van der Waals surface area contributed by atoms with Crippen LogP contribution in [-0.2, 0) is 22.6 Å². The Morgan fingerprint density at radius 1 is 1.19 bits per heavy atom. The van der Waals surface area contributed by atoms with E-state index in [0.29, 0.717) is 18.0 Å². The number of thiazole rings is 1. The number of benzene rings is 1. The Morgan fingerprint density at radius 3 is 2.74 bits per heavy atom. The van der Waals surface area contributed by atoms with Crippen molar-refractivity contribution in [2.45, 2.75) is 24.2 Å². The van der Waals surface area contributed by atoms with Gasteiger partial charge in [0, 0.05) is 11.1 Å². The number of hydrogen-bond donors (Lipinski definition) is 2. The molecule has 0 saturated carbocycles. The molecule has 3 rings (SSSR count). The van der Waals surface area contributed by atoms with Crippen LogP contribution in [0.3, 0.4) is 0 Å². The van der Waals surface area contributed by atoms with Crippen LogP contribution in [0.25, 0.3) is 0 Å². The molecule has 0 bridgehead atoms. The van der Waals surface area contributed by atoms with Crippen molar-refractivity contribution in [2.24, 2.45) is 0 Å². The van der Waals surface area contributed by atoms with Crippen molar-refractivity contribution in [3.63, 3.8) is 0 Å². The zero-order valence-electron chi connectivity index (χ0n) is 14.7. The molecule has 0 atom stereocenters. The molecule has 0 aliphatic rings. The first-order chi connectivity index (χ1) is 13.1. The monoisotopic (exact) mass is 401 g/mol. The summed E-state index contributed by atoms with van der Waals surface area (Å²) in [5, 5.41) is 7.48. The van der Waals surface area contributed by atoms with Crippen molar-refractivity contribution in [3.8, 4) is 0 Å². The van der Waals surface area contributed by atoms with Gasteiger partial charge in [-0.3, -0.25) is 9.59 Å². The zero-order valence-corrected chi connectivity index (χ0v) is 16.4. The minimum absolute atomic E-state index is 0.0863. The molecule has 1 aromatic carbocycles. The lowest BCUT2D eigenvalue weighted by molar-refractivity contribution is -0.120. The number of furan rings is 1. The Kier molecular flexibility index (Phi) is 6.67. The molecule has 0 radical (unpaired) electrons. The van der Waals surface area contributed by atoms with Crippen molar-refractivity contribution in [2.75, 3.05) is 11.1 Å². The number of amides is 2. The van der Waals surface area contributed by atoms with Crippen LogP contribution >= 0.6 is 23.1 Å². The topological polar surface area (TPSA) is 84.2 Å². The number of hydrogen-bond acceptors (Lipinski definition) is 6. The van der Waals surface area contributed by atoms with Crippen molar-refractivity contribution in [1.29, 1.82) is 0 Å². The second kappa shape index (κ2) is 9.38. The number of anilines is 1. The maximum Gasteiger partial charge on any atom is 0.234 e. The Hall–Kier alpha value is -2.58. The molecule has 2 heterocycles. The fourth-order valence-corrected chi connectivity index (χ4v) is 3.87. The molecule has 0 aliphatic heterocycles. The second-order valence-electron chi connectivity index (χ2n) is 5.84. The molecule has 6 nitrogen and oxygen atoms in total. The van der Waals surface area contributed by atoms with Crippen LogP contribution in [0.4, 0.5) is 5.69 Å². The van der Waals surface area contributed by atoms with Crippen LogP contribution in [0.5, 0.6) is 0 Å². The Labute approximate surface area is 165 Å². The highest BCUT2D eigenvalue weighted by Crippen LogP contribution is 2.23. The van der Waals surface area contributed by atoms with E-state index in [9.17, 15) is 9.59 Å². The number of rotatable bonds is 8. The summed E-state index contributed by atoms with van der Waals surface area (Å²) in [4.78, 5) is 28.4. The summed E-state index contributed by atoms with van der Waals surface area (Å²) >= 11 is 2.79. The normalized spacial score (nSPS) is 10.6. The van der Waals surface area contributed by atoms with E-state index in [4.69, 9.17) is 4.42 Å². The number of aryl methyl sites for hydroxylation is 1. The molecule has 3 aromatic rings. The summed E-state index contributed by atoms with van der Waals surface area (Å²) < 4.78 is 5.94. The van der Waals surface area contributed by atoms with Crippen LogP contribution in [0, 0.1) is 6.92 Å². The molecule has 0 spiro atoms. The number of carbonyl (C=O) groups is 2. The molecular formula is C19H19N3O3S2. The van der Waals surface area contributed by atoms with E-state index < -0.39 is 0 Å². The van der Waals surface area contributed by atoms with E-state index in [1.165, 1.54) is 23.1 Å². The smallest absolute Gasteiger partial charge is 0.234 e. The lowest BCUT2D eigenvalue weighted by atomic mass is 10.2. The standard InChI is InChI=1S/C19H19N3O3S2/c1-13-4-6-14(7-5-13)21-18(24)12-27-19-22-15(11-26-19)9-17(23)20-10-16-3-2-8-25-16/h2-8,11H,9-10,12H2,1H3,(H,20,23)(H,21,24). The van der Waals surface area contributed by atoms with E-state index in [1.54, 1.807) is 18.4 Å². The van der Waals surface area contributed by atoms with Gasteiger partial charge in [-0.2, -0.15) is 0 Å². The fraction of sp³-hybridized carbons (Fsp3) is 0.211. The summed E-state index contributed by atoms with van der Waals surface area (Å²) in [6, 6.07) is 11.2. The Balaban J connectivity index is 1.41. The largest absolute Gasteiger partial charge is 0.467 e. The van der Waals surface area contributed by atoms with Gasteiger partial charge in [-0.15, -0.1) is 11.3 Å². The number of nitrogens with zero attached hydrogens (tertiary/aromatic N) is 1. The average molecular weight is 402 g/mol. The van der Waals surface area contributed by atoms with E-state index in [2.05, 4.69) is 15.6 Å². The van der Waals surface area contributed by atoms with Gasteiger partial charge in [0.2, 0.25) is 11.8 Å². The van der Waals surface area contributed by atoms with Crippen molar-refractivity contribution < 1.29 is 14.0 Å². The summed E-state index contributed by atoms with van der Waals surface area (Å²) in [7, 11) is 0. The van der Waals surface area contributed by atoms with Gasteiger partial charge >= 0.3 is 0 Å². The molecule has 0 saturated heterocycles. The van der Waals surface area contributed by atoms with Gasteiger partial charge in [-0.25, -0.2) is 4.98 Å². The maximum absolute atomic E-state index is 12.0. The first-order valence-corrected chi connectivity index (χ1v) is 10.2. The van der Waals surface area contributed by atoms with Gasteiger partial charge < -0.3 is 15.1 Å². The van der Waals surface area contributed by atoms with Gasteiger partial charge in [0.25, 0.3) is 0 Å². The number of aromatic nitrogens is 1. The predicted octanol–water partition coefficient (Wildman–Crippen LogP) is 3.63. The number of nitrogens with one attached hydrogen (secondary N) is 2. The molecule has 27 heavy (non-hydrogen) atoms.